The van der Waals surface area contributed by atoms with E-state index in [4.69, 9.17) is 9.72 Å². The van der Waals surface area contributed by atoms with E-state index in [2.05, 4.69) is 47.4 Å². The Morgan fingerprint density at radius 1 is 1.05 bits per heavy atom. The van der Waals surface area contributed by atoms with Gasteiger partial charge < -0.3 is 25.3 Å². The van der Waals surface area contributed by atoms with Crippen LogP contribution in [0.3, 0.4) is 0 Å². The minimum atomic E-state index is -4.49. The molecule has 0 fully saturated rings. The molecule has 8 nitrogen and oxygen atoms in total. The molecule has 44 heavy (non-hydrogen) atoms. The number of rotatable bonds is 14. The van der Waals surface area contributed by atoms with Gasteiger partial charge in [0.1, 0.15) is 25.0 Å². The molecule has 0 bridgehead atoms. The molecule has 0 spiro atoms. The van der Waals surface area contributed by atoms with Crippen LogP contribution in [0.5, 0.6) is 0 Å². The van der Waals surface area contributed by atoms with E-state index in [9.17, 15) is 18.0 Å². The highest BCUT2D eigenvalue weighted by atomic mass is 28.3. The second-order valence-corrected chi connectivity index (χ2v) is 18.1. The fourth-order valence-corrected chi connectivity index (χ4v) is 5.37. The van der Waals surface area contributed by atoms with Crippen molar-refractivity contribution in [3.8, 4) is 11.1 Å². The number of ether oxygens (including phenoxy) is 1. The number of alkyl halides is 3. The van der Waals surface area contributed by atoms with Crippen LogP contribution in [0.4, 0.5) is 24.5 Å². The number of halogens is 3. The summed E-state index contributed by atoms with van der Waals surface area (Å²) in [5, 5.41) is 9.40. The first kappa shape index (κ1) is 33.0. The standard InChI is InChI=1S/C32H41F3N6O2Si/c1-22(2)29(31(42)39-20-32(33,34)35)40-26-13-24(16-36-17-26)28-19-41(21-43-11-12-44(3,4)5)30-27(28)14-25(18-38-30)37-15-23-9-7-6-8-10-23/h6-10,13-14,16-19,22,29,37,40H,11-12,15,20-21H2,1-5H3,(H,39,42)/t29-/m0/s1. The average Bonchev–Trinajstić information content (AvgIpc) is 3.33. The van der Waals surface area contributed by atoms with E-state index in [1.165, 1.54) is 0 Å². The average molecular weight is 627 g/mol. The van der Waals surface area contributed by atoms with Crippen LogP contribution >= 0.6 is 0 Å². The number of nitrogens with zero attached hydrogens (tertiary/aromatic N) is 3. The first-order chi connectivity index (χ1) is 20.8. The maximum Gasteiger partial charge on any atom is 0.405 e. The van der Waals surface area contributed by atoms with Gasteiger partial charge in [-0.15, -0.1) is 0 Å². The lowest BCUT2D eigenvalue weighted by Gasteiger charge is -2.23. The van der Waals surface area contributed by atoms with Crippen LogP contribution in [0.25, 0.3) is 22.2 Å². The zero-order valence-electron chi connectivity index (χ0n) is 25.8. The topological polar surface area (TPSA) is 93.1 Å². The molecule has 0 radical (unpaired) electrons. The molecule has 236 valence electrons. The largest absolute Gasteiger partial charge is 0.405 e. The predicted octanol–water partition coefficient (Wildman–Crippen LogP) is 7.14. The predicted molar refractivity (Wildman–Crippen MR) is 172 cm³/mol. The summed E-state index contributed by atoms with van der Waals surface area (Å²) in [5.41, 5.74) is 4.89. The number of carbonyl (C=O) groups excluding carboxylic acids is 1. The van der Waals surface area contributed by atoms with Gasteiger partial charge in [-0.25, -0.2) is 4.98 Å². The zero-order valence-corrected chi connectivity index (χ0v) is 26.8. The van der Waals surface area contributed by atoms with Crippen LogP contribution in [0.15, 0.2) is 67.3 Å². The molecule has 12 heteroatoms. The van der Waals surface area contributed by atoms with Gasteiger partial charge in [0.2, 0.25) is 5.91 Å². The summed E-state index contributed by atoms with van der Waals surface area (Å²) < 4.78 is 46.2. The van der Waals surface area contributed by atoms with Gasteiger partial charge in [0.15, 0.2) is 0 Å². The quantitative estimate of drug-likeness (QED) is 0.102. The van der Waals surface area contributed by atoms with Crippen molar-refractivity contribution in [2.24, 2.45) is 5.92 Å². The number of hydrogen-bond donors (Lipinski definition) is 3. The molecule has 3 aromatic heterocycles. The highest BCUT2D eigenvalue weighted by molar-refractivity contribution is 6.76. The molecule has 1 atom stereocenters. The molecule has 0 saturated carbocycles. The molecular formula is C32H41F3N6O2Si. The van der Waals surface area contributed by atoms with E-state index in [0.29, 0.717) is 25.6 Å². The van der Waals surface area contributed by atoms with Crippen molar-refractivity contribution in [1.29, 1.82) is 0 Å². The smallest absolute Gasteiger partial charge is 0.380 e. The molecule has 0 unspecified atom stereocenters. The van der Waals surface area contributed by atoms with Crippen LogP contribution in [0.1, 0.15) is 19.4 Å². The molecule has 1 aromatic carbocycles. The van der Waals surface area contributed by atoms with Crippen LogP contribution < -0.4 is 16.0 Å². The molecule has 3 N–H and O–H groups in total. The zero-order chi connectivity index (χ0) is 31.9. The number of amides is 1. The van der Waals surface area contributed by atoms with Crippen molar-refractivity contribution in [3.63, 3.8) is 0 Å². The first-order valence-electron chi connectivity index (χ1n) is 14.7. The van der Waals surface area contributed by atoms with E-state index in [1.54, 1.807) is 32.4 Å². The number of pyridine rings is 2. The van der Waals surface area contributed by atoms with E-state index < -0.39 is 32.7 Å². The molecule has 0 aliphatic carbocycles. The first-order valence-corrected chi connectivity index (χ1v) is 18.4. The van der Waals surface area contributed by atoms with Gasteiger partial charge in [-0.05, 0) is 29.7 Å². The number of aromatic nitrogens is 3. The molecule has 0 saturated heterocycles. The van der Waals surface area contributed by atoms with Crippen LogP contribution in [-0.4, -0.2) is 53.9 Å². The Balaban J connectivity index is 1.62. The maximum absolute atomic E-state index is 12.7. The minimum absolute atomic E-state index is 0.274. The summed E-state index contributed by atoms with van der Waals surface area (Å²) >= 11 is 0. The van der Waals surface area contributed by atoms with E-state index in [0.717, 1.165) is 39.5 Å². The Hall–Kier alpha value is -3.90. The third kappa shape index (κ3) is 9.55. The van der Waals surface area contributed by atoms with Crippen molar-refractivity contribution in [1.82, 2.24) is 19.9 Å². The Bertz CT molecular complexity index is 1540. The lowest BCUT2D eigenvalue weighted by Crippen LogP contribution is -2.46. The van der Waals surface area contributed by atoms with Crippen LogP contribution in [0.2, 0.25) is 25.7 Å². The van der Waals surface area contributed by atoms with Gasteiger partial charge in [-0.1, -0.05) is 63.8 Å². The molecule has 3 heterocycles. The Kier molecular flexibility index (Phi) is 10.7. The fourth-order valence-electron chi connectivity index (χ4n) is 4.62. The molecule has 0 aliphatic rings. The summed E-state index contributed by atoms with van der Waals surface area (Å²) in [7, 11) is -1.25. The van der Waals surface area contributed by atoms with Crippen molar-refractivity contribution in [2.75, 3.05) is 23.8 Å². The third-order valence-corrected chi connectivity index (χ3v) is 8.77. The molecular weight excluding hydrogens is 585 g/mol. The maximum atomic E-state index is 12.7. The van der Waals surface area contributed by atoms with E-state index in [-0.39, 0.29) is 5.92 Å². The molecule has 4 rings (SSSR count). The Labute approximate surface area is 257 Å². The van der Waals surface area contributed by atoms with Crippen molar-refractivity contribution in [2.45, 2.75) is 65.0 Å². The number of benzene rings is 1. The Morgan fingerprint density at radius 3 is 2.48 bits per heavy atom. The van der Waals surface area contributed by atoms with Gasteiger partial charge in [0.25, 0.3) is 0 Å². The van der Waals surface area contributed by atoms with Gasteiger partial charge in [-0.3, -0.25) is 9.78 Å². The van der Waals surface area contributed by atoms with Crippen molar-refractivity contribution < 1.29 is 22.7 Å². The van der Waals surface area contributed by atoms with E-state index in [1.807, 2.05) is 46.4 Å². The Morgan fingerprint density at radius 2 is 1.80 bits per heavy atom. The summed E-state index contributed by atoms with van der Waals surface area (Å²) in [5.74, 6) is -1.00. The van der Waals surface area contributed by atoms with Crippen LogP contribution in [0, 0.1) is 5.92 Å². The number of carbonyl (C=O) groups is 1. The normalized spacial score (nSPS) is 12.8. The third-order valence-electron chi connectivity index (χ3n) is 7.06. The number of nitrogens with one attached hydrogen (secondary N) is 3. The number of anilines is 2. The summed E-state index contributed by atoms with van der Waals surface area (Å²) in [6.45, 7) is 10.7. The number of fused-ring (bicyclic) bond motifs is 1. The van der Waals surface area contributed by atoms with Crippen molar-refractivity contribution >= 4 is 36.4 Å². The molecule has 4 aromatic rings. The molecule has 0 aliphatic heterocycles. The minimum Gasteiger partial charge on any atom is -0.380 e. The van der Waals surface area contributed by atoms with Gasteiger partial charge in [0, 0.05) is 56.3 Å². The van der Waals surface area contributed by atoms with Gasteiger partial charge in [-0.2, -0.15) is 13.2 Å². The highest BCUT2D eigenvalue weighted by Crippen LogP contribution is 2.33. The summed E-state index contributed by atoms with van der Waals surface area (Å²) in [4.78, 5) is 21.8. The second kappa shape index (κ2) is 14.3. The van der Waals surface area contributed by atoms with Gasteiger partial charge >= 0.3 is 6.18 Å². The highest BCUT2D eigenvalue weighted by Gasteiger charge is 2.30. The number of hydrogen-bond acceptors (Lipinski definition) is 6. The fraction of sp³-hybridized carbons (Fsp3) is 0.406. The molecule has 1 amide bonds. The van der Waals surface area contributed by atoms with E-state index >= 15 is 0 Å². The SMILES string of the molecule is CC(C)[C@H](Nc1cncc(-c2cn(COCC[Si](C)(C)C)c3ncc(NCc4ccccc4)cc23)c1)C(=O)NCC(F)(F)F. The van der Waals surface area contributed by atoms with Crippen molar-refractivity contribution in [3.05, 3.63) is 72.8 Å². The second-order valence-electron chi connectivity index (χ2n) is 12.5. The lowest BCUT2D eigenvalue weighted by atomic mass is 10.0. The summed E-state index contributed by atoms with van der Waals surface area (Å²) in [6, 6.07) is 14.1. The van der Waals surface area contributed by atoms with Gasteiger partial charge in [0.05, 0.1) is 17.6 Å². The lowest BCUT2D eigenvalue weighted by molar-refractivity contribution is -0.139. The summed E-state index contributed by atoms with van der Waals surface area (Å²) in [6.07, 6.45) is 2.56. The van der Waals surface area contributed by atoms with Crippen LogP contribution in [-0.2, 0) is 22.8 Å². The monoisotopic (exact) mass is 626 g/mol.